The summed E-state index contributed by atoms with van der Waals surface area (Å²) < 4.78 is 32.5. The van der Waals surface area contributed by atoms with Gasteiger partial charge in [0.1, 0.15) is 23.0 Å². The highest BCUT2D eigenvalue weighted by atomic mass is 19.1. The minimum absolute atomic E-state index is 0.0187. The van der Waals surface area contributed by atoms with Gasteiger partial charge >= 0.3 is 0 Å². The molecule has 2 rings (SSSR count). The van der Waals surface area contributed by atoms with Crippen LogP contribution >= 0.6 is 0 Å². The van der Waals surface area contributed by atoms with E-state index in [1.807, 2.05) is 0 Å². The fourth-order valence-electron chi connectivity index (χ4n) is 2.07. The zero-order valence-electron chi connectivity index (χ0n) is 8.93. The fourth-order valence-corrected chi connectivity index (χ4v) is 2.07. The van der Waals surface area contributed by atoms with Crippen molar-refractivity contribution in [3.8, 4) is 0 Å². The third-order valence-corrected chi connectivity index (χ3v) is 2.83. The molecule has 4 heteroatoms. The van der Waals surface area contributed by atoms with Gasteiger partial charge in [0.05, 0.1) is 12.2 Å². The fraction of sp³-hybridized carbons (Fsp3) is 0.417. The van der Waals surface area contributed by atoms with E-state index in [-0.39, 0.29) is 24.4 Å². The first-order valence-electron chi connectivity index (χ1n) is 5.13. The van der Waals surface area contributed by atoms with E-state index in [2.05, 4.69) is 0 Å². The van der Waals surface area contributed by atoms with Gasteiger partial charge in [0.25, 0.3) is 0 Å². The Labute approximate surface area is 92.2 Å². The highest BCUT2D eigenvalue weighted by Gasteiger charge is 2.38. The van der Waals surface area contributed by atoms with Crippen LogP contribution in [-0.4, -0.2) is 12.4 Å². The lowest BCUT2D eigenvalue weighted by Crippen LogP contribution is -2.36. The zero-order chi connectivity index (χ0) is 11.8. The number of hydrogen-bond acceptors (Lipinski definition) is 2. The molecular formula is C12H12F2O2. The number of rotatable bonds is 1. The van der Waals surface area contributed by atoms with Gasteiger partial charge in [0.15, 0.2) is 0 Å². The Morgan fingerprint density at radius 1 is 1.31 bits per heavy atom. The van der Waals surface area contributed by atoms with Gasteiger partial charge < -0.3 is 4.74 Å². The molecule has 1 aromatic rings. The number of halogens is 2. The lowest BCUT2D eigenvalue weighted by atomic mass is 9.87. The topological polar surface area (TPSA) is 26.3 Å². The Balaban J connectivity index is 2.46. The van der Waals surface area contributed by atoms with E-state index in [0.717, 1.165) is 0 Å². The van der Waals surface area contributed by atoms with Crippen LogP contribution in [0.5, 0.6) is 0 Å². The van der Waals surface area contributed by atoms with Crippen LogP contribution in [0.15, 0.2) is 18.2 Å². The van der Waals surface area contributed by atoms with Gasteiger partial charge in [0.2, 0.25) is 0 Å². The Hall–Kier alpha value is -1.29. The molecule has 0 aliphatic carbocycles. The maximum absolute atomic E-state index is 13.6. The van der Waals surface area contributed by atoms with Gasteiger partial charge in [-0.15, -0.1) is 0 Å². The van der Waals surface area contributed by atoms with Crippen LogP contribution in [0.25, 0.3) is 0 Å². The molecule has 1 atom stereocenters. The molecule has 1 fully saturated rings. The van der Waals surface area contributed by atoms with Crippen molar-refractivity contribution in [3.63, 3.8) is 0 Å². The molecule has 0 saturated carbocycles. The summed E-state index contributed by atoms with van der Waals surface area (Å²) in [6.07, 6.45) is 0.330. The first-order chi connectivity index (χ1) is 7.53. The third kappa shape index (κ3) is 1.85. The third-order valence-electron chi connectivity index (χ3n) is 2.83. The molecule has 0 amide bonds. The number of ketones is 1. The molecule has 0 bridgehead atoms. The molecule has 1 saturated heterocycles. The van der Waals surface area contributed by atoms with Crippen LogP contribution in [0.1, 0.15) is 25.3 Å². The van der Waals surface area contributed by atoms with Gasteiger partial charge in [-0.05, 0) is 19.1 Å². The number of Topliss-reactive ketones (excluding diaryl/α,β-unsaturated/α-hetero) is 1. The van der Waals surface area contributed by atoms with Crippen molar-refractivity contribution in [2.75, 3.05) is 6.61 Å². The molecule has 0 aromatic heterocycles. The summed E-state index contributed by atoms with van der Waals surface area (Å²) in [4.78, 5) is 11.3. The molecule has 16 heavy (non-hydrogen) atoms. The van der Waals surface area contributed by atoms with E-state index in [1.165, 1.54) is 18.2 Å². The van der Waals surface area contributed by atoms with Gasteiger partial charge in [-0.2, -0.15) is 0 Å². The van der Waals surface area contributed by atoms with Crippen LogP contribution in [0, 0.1) is 11.6 Å². The second-order valence-electron chi connectivity index (χ2n) is 4.14. The van der Waals surface area contributed by atoms with Gasteiger partial charge in [-0.3, -0.25) is 4.79 Å². The van der Waals surface area contributed by atoms with Crippen molar-refractivity contribution in [2.45, 2.75) is 25.4 Å². The summed E-state index contributed by atoms with van der Waals surface area (Å²) in [5, 5.41) is 0. The Kier molecular flexibility index (Phi) is 2.76. The van der Waals surface area contributed by atoms with Crippen molar-refractivity contribution >= 4 is 5.78 Å². The smallest absolute Gasteiger partial charge is 0.138 e. The van der Waals surface area contributed by atoms with Crippen LogP contribution in [0.4, 0.5) is 8.78 Å². The lowest BCUT2D eigenvalue weighted by molar-refractivity contribution is -0.139. The molecule has 86 valence electrons. The molecule has 1 unspecified atom stereocenters. The first kappa shape index (κ1) is 11.2. The van der Waals surface area contributed by atoms with Crippen LogP contribution in [-0.2, 0) is 15.1 Å². The molecule has 1 aliphatic rings. The Morgan fingerprint density at radius 3 is 2.50 bits per heavy atom. The number of carbonyl (C=O) groups is 1. The van der Waals surface area contributed by atoms with E-state index in [4.69, 9.17) is 4.74 Å². The van der Waals surface area contributed by atoms with Crippen molar-refractivity contribution < 1.29 is 18.3 Å². The van der Waals surface area contributed by atoms with Crippen LogP contribution in [0.3, 0.4) is 0 Å². The lowest BCUT2D eigenvalue weighted by Gasteiger charge is -2.33. The minimum Gasteiger partial charge on any atom is -0.369 e. The molecule has 0 spiro atoms. The second kappa shape index (κ2) is 3.94. The summed E-state index contributed by atoms with van der Waals surface area (Å²) in [7, 11) is 0. The quantitative estimate of drug-likeness (QED) is 0.735. The van der Waals surface area contributed by atoms with E-state index in [0.29, 0.717) is 6.42 Å². The second-order valence-corrected chi connectivity index (χ2v) is 4.14. The minimum atomic E-state index is -1.18. The van der Waals surface area contributed by atoms with Crippen molar-refractivity contribution in [2.24, 2.45) is 0 Å². The van der Waals surface area contributed by atoms with Crippen molar-refractivity contribution in [1.82, 2.24) is 0 Å². The number of carbonyl (C=O) groups excluding carboxylic acids is 1. The van der Waals surface area contributed by atoms with Gasteiger partial charge in [-0.25, -0.2) is 8.78 Å². The van der Waals surface area contributed by atoms with Crippen molar-refractivity contribution in [3.05, 3.63) is 35.4 Å². The van der Waals surface area contributed by atoms with Crippen LogP contribution in [0.2, 0.25) is 0 Å². The SMILES string of the molecule is CC1(c2c(F)cccc2F)CC(=O)CCO1. The predicted octanol–water partition coefficient (Wildman–Crippen LogP) is 2.56. The van der Waals surface area contributed by atoms with Gasteiger partial charge in [0, 0.05) is 12.8 Å². The normalized spacial score (nSPS) is 25.8. The van der Waals surface area contributed by atoms with E-state index in [1.54, 1.807) is 6.92 Å². The maximum Gasteiger partial charge on any atom is 0.138 e. The van der Waals surface area contributed by atoms with Crippen LogP contribution < -0.4 is 0 Å². The van der Waals surface area contributed by atoms with E-state index < -0.39 is 17.2 Å². The molecule has 2 nitrogen and oxygen atoms in total. The monoisotopic (exact) mass is 226 g/mol. The predicted molar refractivity (Wildman–Crippen MR) is 53.9 cm³/mol. The van der Waals surface area contributed by atoms with Crippen molar-refractivity contribution in [1.29, 1.82) is 0 Å². The summed E-state index contributed by atoms with van der Waals surface area (Å²) in [6, 6.07) is 3.64. The maximum atomic E-state index is 13.6. The van der Waals surface area contributed by atoms with E-state index >= 15 is 0 Å². The number of ether oxygens (including phenoxy) is 1. The summed E-state index contributed by atoms with van der Waals surface area (Å²) >= 11 is 0. The van der Waals surface area contributed by atoms with E-state index in [9.17, 15) is 13.6 Å². The van der Waals surface area contributed by atoms with Gasteiger partial charge in [-0.1, -0.05) is 6.07 Å². The zero-order valence-corrected chi connectivity index (χ0v) is 8.93. The largest absolute Gasteiger partial charge is 0.369 e. The Morgan fingerprint density at radius 2 is 1.94 bits per heavy atom. The molecular weight excluding hydrogens is 214 g/mol. The molecule has 0 N–H and O–H groups in total. The average Bonchev–Trinajstić information content (AvgIpc) is 2.16. The number of benzene rings is 1. The standard InChI is InChI=1S/C12H12F2O2/c1-12(7-8(15)5-6-16-12)11-9(13)3-2-4-10(11)14/h2-4H,5-7H2,1H3. The highest BCUT2D eigenvalue weighted by molar-refractivity contribution is 5.80. The summed E-state index contributed by atoms with van der Waals surface area (Å²) in [5.41, 5.74) is -1.33. The molecule has 1 aromatic carbocycles. The highest BCUT2D eigenvalue weighted by Crippen LogP contribution is 2.36. The molecule has 1 heterocycles. The Bertz CT molecular complexity index is 411. The number of hydrogen-bond donors (Lipinski definition) is 0. The summed E-state index contributed by atoms with van der Waals surface area (Å²) in [6.45, 7) is 1.76. The average molecular weight is 226 g/mol. The molecule has 1 aliphatic heterocycles. The first-order valence-corrected chi connectivity index (χ1v) is 5.13. The molecule has 0 radical (unpaired) electrons. The summed E-state index contributed by atoms with van der Waals surface area (Å²) in [5.74, 6) is -1.37.